The van der Waals surface area contributed by atoms with Crippen LogP contribution in [0.2, 0.25) is 0 Å². The number of nitrogens with zero attached hydrogens (tertiary/aromatic N) is 2. The maximum absolute atomic E-state index is 11.8. The fourth-order valence-electron chi connectivity index (χ4n) is 1.90. The molecule has 0 spiro atoms. The standard InChI is InChI=1S/C12H19N3O4/c1-2-3-9(11(16)17)7-14-12(18)15-4-5-19-10(6-13)8-15/h9-10H,2-5,7-8H2,1H3,(H,14,18)(H,16,17). The van der Waals surface area contributed by atoms with Gasteiger partial charge in [0.15, 0.2) is 6.10 Å². The second-order valence-electron chi connectivity index (χ2n) is 4.44. The number of aliphatic carboxylic acids is 1. The molecule has 1 fully saturated rings. The van der Waals surface area contributed by atoms with Crippen molar-refractivity contribution in [2.24, 2.45) is 5.92 Å². The number of rotatable bonds is 5. The molecule has 2 amide bonds. The fraction of sp³-hybridized carbons (Fsp3) is 0.750. The minimum atomic E-state index is -0.904. The summed E-state index contributed by atoms with van der Waals surface area (Å²) in [7, 11) is 0. The minimum absolute atomic E-state index is 0.108. The molecule has 0 radical (unpaired) electrons. The summed E-state index contributed by atoms with van der Waals surface area (Å²) in [6.07, 6.45) is 0.672. The van der Waals surface area contributed by atoms with Gasteiger partial charge in [-0.25, -0.2) is 4.79 Å². The predicted molar refractivity (Wildman–Crippen MR) is 66.4 cm³/mol. The zero-order valence-corrected chi connectivity index (χ0v) is 11.0. The van der Waals surface area contributed by atoms with Crippen LogP contribution in [0.15, 0.2) is 0 Å². The number of carboxylic acid groups (broad SMARTS) is 1. The molecule has 1 aliphatic rings. The van der Waals surface area contributed by atoms with Gasteiger partial charge >= 0.3 is 12.0 Å². The maximum Gasteiger partial charge on any atom is 0.317 e. The Hall–Kier alpha value is -1.81. The highest BCUT2D eigenvalue weighted by molar-refractivity contribution is 5.76. The van der Waals surface area contributed by atoms with Gasteiger partial charge in [0.2, 0.25) is 0 Å². The first-order chi connectivity index (χ1) is 9.08. The molecule has 2 N–H and O–H groups in total. The number of ether oxygens (including phenoxy) is 1. The molecule has 0 aliphatic carbocycles. The van der Waals surface area contributed by atoms with Crippen molar-refractivity contribution in [3.63, 3.8) is 0 Å². The Bertz CT molecular complexity index is 366. The SMILES string of the molecule is CCCC(CNC(=O)N1CCOC(C#N)C1)C(=O)O. The van der Waals surface area contributed by atoms with Gasteiger partial charge in [0.25, 0.3) is 0 Å². The quantitative estimate of drug-likeness (QED) is 0.753. The number of urea groups is 1. The number of nitriles is 1. The molecular weight excluding hydrogens is 250 g/mol. The molecule has 0 aromatic heterocycles. The predicted octanol–water partition coefficient (Wildman–Crippen LogP) is 0.421. The van der Waals surface area contributed by atoms with Crippen molar-refractivity contribution in [3.05, 3.63) is 0 Å². The van der Waals surface area contributed by atoms with Crippen LogP contribution in [0.1, 0.15) is 19.8 Å². The van der Waals surface area contributed by atoms with E-state index >= 15 is 0 Å². The van der Waals surface area contributed by atoms with Crippen molar-refractivity contribution in [2.75, 3.05) is 26.2 Å². The van der Waals surface area contributed by atoms with Gasteiger partial charge in [-0.15, -0.1) is 0 Å². The monoisotopic (exact) mass is 269 g/mol. The molecule has 106 valence electrons. The maximum atomic E-state index is 11.8. The van der Waals surface area contributed by atoms with Crippen LogP contribution in [-0.4, -0.2) is 54.4 Å². The Balaban J connectivity index is 2.41. The van der Waals surface area contributed by atoms with Crippen LogP contribution in [0.25, 0.3) is 0 Å². The molecule has 0 aromatic carbocycles. The van der Waals surface area contributed by atoms with Crippen molar-refractivity contribution in [1.82, 2.24) is 10.2 Å². The van der Waals surface area contributed by atoms with E-state index in [0.717, 1.165) is 6.42 Å². The Labute approximate surface area is 112 Å². The molecular formula is C12H19N3O4. The number of carboxylic acids is 1. The molecule has 2 unspecified atom stereocenters. The van der Waals surface area contributed by atoms with E-state index < -0.39 is 18.0 Å². The summed E-state index contributed by atoms with van der Waals surface area (Å²) < 4.78 is 5.13. The number of hydrogen-bond donors (Lipinski definition) is 2. The van der Waals surface area contributed by atoms with Gasteiger partial charge in [-0.3, -0.25) is 4.79 Å². The molecule has 19 heavy (non-hydrogen) atoms. The number of carbonyl (C=O) groups excluding carboxylic acids is 1. The molecule has 0 bridgehead atoms. The third kappa shape index (κ3) is 4.75. The summed E-state index contributed by atoms with van der Waals surface area (Å²) in [4.78, 5) is 24.3. The topological polar surface area (TPSA) is 103 Å². The van der Waals surface area contributed by atoms with Crippen LogP contribution in [0, 0.1) is 17.2 Å². The molecule has 1 aliphatic heterocycles. The smallest absolute Gasteiger partial charge is 0.317 e. The van der Waals surface area contributed by atoms with Gasteiger partial charge < -0.3 is 20.1 Å². The normalized spacial score (nSPS) is 20.4. The average Bonchev–Trinajstić information content (AvgIpc) is 2.42. The number of morpholine rings is 1. The Morgan fingerprint density at radius 3 is 2.95 bits per heavy atom. The lowest BCUT2D eigenvalue weighted by molar-refractivity contribution is -0.141. The van der Waals surface area contributed by atoms with Gasteiger partial charge in [-0.2, -0.15) is 5.26 Å². The number of hydrogen-bond acceptors (Lipinski definition) is 4. The van der Waals surface area contributed by atoms with Crippen LogP contribution in [0.4, 0.5) is 4.79 Å². The first-order valence-electron chi connectivity index (χ1n) is 6.35. The van der Waals surface area contributed by atoms with E-state index in [2.05, 4.69) is 5.32 Å². The van der Waals surface area contributed by atoms with E-state index in [9.17, 15) is 9.59 Å². The van der Waals surface area contributed by atoms with Crippen molar-refractivity contribution in [2.45, 2.75) is 25.9 Å². The Kier molecular flexibility index (Phi) is 6.09. The van der Waals surface area contributed by atoms with Crippen LogP contribution in [0.5, 0.6) is 0 Å². The van der Waals surface area contributed by atoms with E-state index in [1.807, 2.05) is 13.0 Å². The third-order valence-electron chi connectivity index (χ3n) is 2.98. The average molecular weight is 269 g/mol. The fourth-order valence-corrected chi connectivity index (χ4v) is 1.90. The van der Waals surface area contributed by atoms with Crippen molar-refractivity contribution < 1.29 is 19.4 Å². The van der Waals surface area contributed by atoms with Crippen molar-refractivity contribution in [3.8, 4) is 6.07 Å². The summed E-state index contributed by atoms with van der Waals surface area (Å²) in [5, 5.41) is 20.3. The van der Waals surface area contributed by atoms with E-state index in [-0.39, 0.29) is 19.1 Å². The Morgan fingerprint density at radius 1 is 1.63 bits per heavy atom. The largest absolute Gasteiger partial charge is 0.481 e. The highest BCUT2D eigenvalue weighted by Gasteiger charge is 2.25. The summed E-state index contributed by atoms with van der Waals surface area (Å²) in [5.41, 5.74) is 0. The zero-order chi connectivity index (χ0) is 14.3. The minimum Gasteiger partial charge on any atom is -0.481 e. The number of carbonyl (C=O) groups is 2. The zero-order valence-electron chi connectivity index (χ0n) is 11.0. The molecule has 0 aromatic rings. The molecule has 0 saturated carbocycles. The third-order valence-corrected chi connectivity index (χ3v) is 2.98. The van der Waals surface area contributed by atoms with Gasteiger partial charge in [-0.1, -0.05) is 13.3 Å². The Morgan fingerprint density at radius 2 is 2.37 bits per heavy atom. The summed E-state index contributed by atoms with van der Waals surface area (Å²) in [6.45, 7) is 2.96. The molecule has 2 atom stereocenters. The molecule has 1 rings (SSSR count). The van der Waals surface area contributed by atoms with Crippen LogP contribution in [0.3, 0.4) is 0 Å². The summed E-state index contributed by atoms with van der Waals surface area (Å²) in [5.74, 6) is -1.47. The van der Waals surface area contributed by atoms with Crippen LogP contribution >= 0.6 is 0 Å². The van der Waals surface area contributed by atoms with E-state index in [1.165, 1.54) is 4.90 Å². The van der Waals surface area contributed by atoms with E-state index in [4.69, 9.17) is 15.1 Å². The molecule has 1 saturated heterocycles. The summed E-state index contributed by atoms with van der Waals surface area (Å²) in [6, 6.07) is 1.61. The first-order valence-corrected chi connectivity index (χ1v) is 6.35. The van der Waals surface area contributed by atoms with Gasteiger partial charge in [0.1, 0.15) is 0 Å². The van der Waals surface area contributed by atoms with Crippen molar-refractivity contribution >= 4 is 12.0 Å². The molecule has 7 nitrogen and oxygen atoms in total. The molecule has 7 heteroatoms. The lowest BCUT2D eigenvalue weighted by Gasteiger charge is -2.30. The lowest BCUT2D eigenvalue weighted by Crippen LogP contribution is -2.50. The molecule has 1 heterocycles. The summed E-state index contributed by atoms with van der Waals surface area (Å²) >= 11 is 0. The van der Waals surface area contributed by atoms with E-state index in [1.54, 1.807) is 0 Å². The van der Waals surface area contributed by atoms with Crippen LogP contribution in [-0.2, 0) is 9.53 Å². The number of nitrogens with one attached hydrogen (secondary N) is 1. The highest BCUT2D eigenvalue weighted by atomic mass is 16.5. The number of amides is 2. The van der Waals surface area contributed by atoms with E-state index in [0.29, 0.717) is 19.6 Å². The second-order valence-corrected chi connectivity index (χ2v) is 4.44. The van der Waals surface area contributed by atoms with Crippen LogP contribution < -0.4 is 5.32 Å². The second kappa shape index (κ2) is 7.59. The lowest BCUT2D eigenvalue weighted by atomic mass is 10.0. The van der Waals surface area contributed by atoms with Gasteiger partial charge in [0, 0.05) is 13.1 Å². The van der Waals surface area contributed by atoms with Gasteiger partial charge in [-0.05, 0) is 6.42 Å². The van der Waals surface area contributed by atoms with Gasteiger partial charge in [0.05, 0.1) is 25.1 Å². The highest BCUT2D eigenvalue weighted by Crippen LogP contribution is 2.07. The first kappa shape index (κ1) is 15.2. The van der Waals surface area contributed by atoms with Crippen molar-refractivity contribution in [1.29, 1.82) is 5.26 Å².